The topological polar surface area (TPSA) is 30.7 Å². The van der Waals surface area contributed by atoms with Crippen LogP contribution in [0.25, 0.3) is 11.0 Å². The van der Waals surface area contributed by atoms with E-state index < -0.39 is 0 Å². The molecule has 128 valence electrons. The monoisotopic (exact) mass is 339 g/mol. The average molecular weight is 339 g/mol. The third-order valence-electron chi connectivity index (χ3n) is 5.79. The molecule has 0 N–H and O–H groups in total. The molecular weight excluding hydrogens is 318 g/mol. The molecule has 2 aromatic carbocycles. The van der Waals surface area contributed by atoms with Crippen molar-refractivity contribution < 1.29 is 0 Å². The first-order valence-corrected chi connectivity index (χ1v) is 9.20. The first-order chi connectivity index (χ1) is 12.8. The Labute approximate surface area is 153 Å². The molecule has 0 radical (unpaired) electrons. The highest BCUT2D eigenvalue weighted by molar-refractivity contribution is 5.76. The van der Waals surface area contributed by atoms with E-state index in [9.17, 15) is 0 Å². The summed E-state index contributed by atoms with van der Waals surface area (Å²) in [6.07, 6.45) is 3.02. The molecule has 0 unspecified atom stereocenters. The summed E-state index contributed by atoms with van der Waals surface area (Å²) in [6, 6.07) is 25.5. The van der Waals surface area contributed by atoms with E-state index in [1.54, 1.807) is 0 Å². The van der Waals surface area contributed by atoms with E-state index in [0.29, 0.717) is 17.8 Å². The Balaban J connectivity index is 1.59. The van der Waals surface area contributed by atoms with Crippen molar-refractivity contribution in [1.29, 1.82) is 0 Å². The van der Waals surface area contributed by atoms with Gasteiger partial charge in [-0.05, 0) is 42.2 Å². The van der Waals surface area contributed by atoms with Crippen molar-refractivity contribution in [2.45, 2.75) is 24.2 Å². The molecule has 1 aliphatic carbocycles. The number of rotatable bonds is 3. The molecule has 0 bridgehead atoms. The van der Waals surface area contributed by atoms with E-state index in [4.69, 9.17) is 9.97 Å². The summed E-state index contributed by atoms with van der Waals surface area (Å²) in [5, 5.41) is 0. The fourth-order valence-electron chi connectivity index (χ4n) is 4.44. The molecular formula is C23H21N3. The Bertz CT molecular complexity index is 1040. The minimum Gasteiger partial charge on any atom is -0.331 e. The highest BCUT2D eigenvalue weighted by atomic mass is 15.1. The molecule has 1 aliphatic rings. The molecule has 2 heterocycles. The van der Waals surface area contributed by atoms with Crippen LogP contribution in [0.5, 0.6) is 0 Å². The van der Waals surface area contributed by atoms with Crippen molar-refractivity contribution in [3.05, 3.63) is 96.1 Å². The van der Waals surface area contributed by atoms with Gasteiger partial charge in [0.2, 0.25) is 0 Å². The Kier molecular flexibility index (Phi) is 3.59. The van der Waals surface area contributed by atoms with Gasteiger partial charge in [-0.15, -0.1) is 0 Å². The van der Waals surface area contributed by atoms with Crippen LogP contribution in [0, 0.1) is 0 Å². The molecule has 0 amide bonds. The highest BCUT2D eigenvalue weighted by Crippen LogP contribution is 2.57. The quantitative estimate of drug-likeness (QED) is 0.524. The van der Waals surface area contributed by atoms with Gasteiger partial charge in [0.05, 0.1) is 11.0 Å². The van der Waals surface area contributed by atoms with Gasteiger partial charge in [-0.3, -0.25) is 4.98 Å². The van der Waals surface area contributed by atoms with Crippen LogP contribution in [0.2, 0.25) is 0 Å². The second-order valence-electron chi connectivity index (χ2n) is 7.16. The van der Waals surface area contributed by atoms with Crippen molar-refractivity contribution >= 4 is 11.0 Å². The van der Waals surface area contributed by atoms with Crippen LogP contribution in [0.3, 0.4) is 0 Å². The lowest BCUT2D eigenvalue weighted by atomic mass is 9.60. The number of aromatic nitrogens is 3. The molecule has 3 heteroatoms. The number of para-hydroxylation sites is 2. The van der Waals surface area contributed by atoms with Gasteiger partial charge < -0.3 is 4.57 Å². The summed E-state index contributed by atoms with van der Waals surface area (Å²) in [7, 11) is 2.13. The number of hydrogen-bond donors (Lipinski definition) is 0. The summed E-state index contributed by atoms with van der Waals surface area (Å²) in [5.74, 6) is 2.44. The lowest BCUT2D eigenvalue weighted by Crippen LogP contribution is -2.33. The zero-order chi connectivity index (χ0) is 17.5. The molecule has 26 heavy (non-hydrogen) atoms. The summed E-state index contributed by atoms with van der Waals surface area (Å²) in [4.78, 5) is 9.67. The molecule has 3 nitrogen and oxygen atoms in total. The van der Waals surface area contributed by atoms with Gasteiger partial charge in [0.25, 0.3) is 0 Å². The standard InChI is InChI=1S/C23H21N3/c1-26-21-13-6-5-11-19(21)25-23(26)18-15-17(16-9-3-2-4-10-16)22(18)20-12-7-8-14-24-20/h2-14,17-18,22H,15H2,1H3/t17-,18+,22-/m0/s1. The second kappa shape index (κ2) is 6.10. The van der Waals surface area contributed by atoms with Crippen molar-refractivity contribution in [2.24, 2.45) is 7.05 Å². The number of pyridine rings is 1. The van der Waals surface area contributed by atoms with E-state index in [-0.39, 0.29) is 0 Å². The van der Waals surface area contributed by atoms with Crippen molar-refractivity contribution in [1.82, 2.24) is 14.5 Å². The number of benzene rings is 2. The molecule has 4 aromatic rings. The van der Waals surface area contributed by atoms with Crippen LogP contribution in [-0.2, 0) is 7.05 Å². The smallest absolute Gasteiger partial charge is 0.113 e. The van der Waals surface area contributed by atoms with Crippen LogP contribution < -0.4 is 0 Å². The highest BCUT2D eigenvalue weighted by Gasteiger charge is 2.46. The van der Waals surface area contributed by atoms with Crippen molar-refractivity contribution in [2.75, 3.05) is 0 Å². The number of hydrogen-bond acceptors (Lipinski definition) is 2. The predicted molar refractivity (Wildman–Crippen MR) is 104 cm³/mol. The molecule has 3 atom stereocenters. The van der Waals surface area contributed by atoms with Gasteiger partial charge in [0, 0.05) is 30.8 Å². The van der Waals surface area contributed by atoms with Gasteiger partial charge in [-0.1, -0.05) is 48.5 Å². The van der Waals surface area contributed by atoms with Crippen LogP contribution in [0.15, 0.2) is 79.0 Å². The van der Waals surface area contributed by atoms with Gasteiger partial charge >= 0.3 is 0 Å². The zero-order valence-corrected chi connectivity index (χ0v) is 14.8. The van der Waals surface area contributed by atoms with E-state index in [0.717, 1.165) is 11.9 Å². The van der Waals surface area contributed by atoms with Gasteiger partial charge in [0.15, 0.2) is 0 Å². The first kappa shape index (κ1) is 15.3. The van der Waals surface area contributed by atoms with Crippen molar-refractivity contribution in [3.8, 4) is 0 Å². The van der Waals surface area contributed by atoms with Crippen LogP contribution in [0.1, 0.15) is 41.3 Å². The molecule has 0 aliphatic heterocycles. The third kappa shape index (κ3) is 2.35. The molecule has 0 spiro atoms. The van der Waals surface area contributed by atoms with Gasteiger partial charge in [-0.25, -0.2) is 4.98 Å². The van der Waals surface area contributed by atoms with Crippen LogP contribution >= 0.6 is 0 Å². The SMILES string of the molecule is Cn1c([C@@H]2C[C@@H](c3ccccc3)[C@@H]2c2ccccn2)nc2ccccc21. The van der Waals surface area contributed by atoms with E-state index in [2.05, 4.69) is 78.3 Å². The number of imidazole rings is 1. The summed E-state index contributed by atoms with van der Waals surface area (Å²) in [6.45, 7) is 0. The fraction of sp³-hybridized carbons (Fsp3) is 0.217. The maximum Gasteiger partial charge on any atom is 0.113 e. The van der Waals surface area contributed by atoms with Crippen LogP contribution in [-0.4, -0.2) is 14.5 Å². The molecule has 5 rings (SSSR count). The molecule has 1 saturated carbocycles. The Hall–Kier alpha value is -2.94. The maximum atomic E-state index is 4.97. The largest absolute Gasteiger partial charge is 0.331 e. The lowest BCUT2D eigenvalue weighted by Gasteiger charge is -2.44. The first-order valence-electron chi connectivity index (χ1n) is 9.20. The van der Waals surface area contributed by atoms with E-state index >= 15 is 0 Å². The Morgan fingerprint density at radius 3 is 2.38 bits per heavy atom. The van der Waals surface area contributed by atoms with E-state index in [1.807, 2.05) is 12.3 Å². The molecule has 1 fully saturated rings. The second-order valence-corrected chi connectivity index (χ2v) is 7.16. The average Bonchev–Trinajstić information content (AvgIpc) is 2.99. The number of nitrogens with zero attached hydrogens (tertiary/aromatic N) is 3. The summed E-state index contributed by atoms with van der Waals surface area (Å²) < 4.78 is 2.26. The maximum absolute atomic E-state index is 4.97. The van der Waals surface area contributed by atoms with Gasteiger partial charge in [0.1, 0.15) is 5.82 Å². The Morgan fingerprint density at radius 1 is 0.846 bits per heavy atom. The van der Waals surface area contributed by atoms with Crippen LogP contribution in [0.4, 0.5) is 0 Å². The number of fused-ring (bicyclic) bond motifs is 1. The lowest BCUT2D eigenvalue weighted by molar-refractivity contribution is 0.265. The fourth-order valence-corrected chi connectivity index (χ4v) is 4.44. The minimum absolute atomic E-state index is 0.370. The minimum atomic E-state index is 0.370. The van der Waals surface area contributed by atoms with Crippen molar-refractivity contribution in [3.63, 3.8) is 0 Å². The third-order valence-corrected chi connectivity index (χ3v) is 5.79. The van der Waals surface area contributed by atoms with E-state index in [1.165, 1.54) is 22.6 Å². The predicted octanol–water partition coefficient (Wildman–Crippen LogP) is 5.02. The number of aryl methyl sites for hydroxylation is 1. The summed E-state index contributed by atoms with van der Waals surface area (Å²) >= 11 is 0. The van der Waals surface area contributed by atoms with Gasteiger partial charge in [-0.2, -0.15) is 0 Å². The normalized spacial score (nSPS) is 22.3. The Morgan fingerprint density at radius 2 is 1.62 bits per heavy atom. The summed E-state index contributed by atoms with van der Waals surface area (Å²) in [5.41, 5.74) is 4.85. The molecule has 0 saturated heterocycles. The zero-order valence-electron chi connectivity index (χ0n) is 14.8. The molecule has 2 aromatic heterocycles.